The van der Waals surface area contributed by atoms with Crippen molar-refractivity contribution < 1.29 is 9.53 Å². The number of nitrogens with zero attached hydrogens (tertiary/aromatic N) is 1. The fourth-order valence-corrected chi connectivity index (χ4v) is 2.18. The molecule has 2 aromatic carbocycles. The van der Waals surface area contributed by atoms with E-state index in [1.807, 2.05) is 36.4 Å². The van der Waals surface area contributed by atoms with E-state index in [1.54, 1.807) is 12.3 Å². The van der Waals surface area contributed by atoms with Crippen molar-refractivity contribution in [3.63, 3.8) is 0 Å². The molecular weight excluding hydrogens is 226 g/mol. The SMILES string of the molecule is COC(=O)c1ccnc2c1ccc1ccccc12. The van der Waals surface area contributed by atoms with Gasteiger partial charge >= 0.3 is 5.97 Å². The third-order valence-corrected chi connectivity index (χ3v) is 3.04. The minimum absolute atomic E-state index is 0.335. The number of carbonyl (C=O) groups excluding carboxylic acids is 1. The first-order valence-electron chi connectivity index (χ1n) is 5.66. The van der Waals surface area contributed by atoms with Crippen molar-refractivity contribution in [2.75, 3.05) is 7.11 Å². The minimum Gasteiger partial charge on any atom is -0.465 e. The van der Waals surface area contributed by atoms with Gasteiger partial charge in [0.1, 0.15) is 0 Å². The van der Waals surface area contributed by atoms with Crippen LogP contribution in [-0.2, 0) is 4.74 Å². The average molecular weight is 237 g/mol. The van der Waals surface area contributed by atoms with E-state index < -0.39 is 0 Å². The fraction of sp³-hybridized carbons (Fsp3) is 0.0667. The highest BCUT2D eigenvalue weighted by molar-refractivity contribution is 6.12. The first kappa shape index (κ1) is 10.7. The van der Waals surface area contributed by atoms with E-state index in [0.717, 1.165) is 21.7 Å². The first-order chi connectivity index (χ1) is 8.81. The van der Waals surface area contributed by atoms with Crippen molar-refractivity contribution in [3.8, 4) is 0 Å². The van der Waals surface area contributed by atoms with Gasteiger partial charge in [-0.3, -0.25) is 4.98 Å². The quantitative estimate of drug-likeness (QED) is 0.482. The number of aromatic nitrogens is 1. The van der Waals surface area contributed by atoms with Crippen molar-refractivity contribution in [2.24, 2.45) is 0 Å². The zero-order valence-corrected chi connectivity index (χ0v) is 9.88. The molecule has 0 aliphatic heterocycles. The summed E-state index contributed by atoms with van der Waals surface area (Å²) >= 11 is 0. The van der Waals surface area contributed by atoms with Gasteiger partial charge in [-0.2, -0.15) is 0 Å². The molecule has 88 valence electrons. The van der Waals surface area contributed by atoms with E-state index in [0.29, 0.717) is 5.56 Å². The normalized spacial score (nSPS) is 10.7. The van der Waals surface area contributed by atoms with Gasteiger partial charge in [-0.25, -0.2) is 4.79 Å². The molecular formula is C15H11NO2. The van der Waals surface area contributed by atoms with Crippen LogP contribution in [0.25, 0.3) is 21.7 Å². The lowest BCUT2D eigenvalue weighted by atomic mass is 10.0. The maximum Gasteiger partial charge on any atom is 0.338 e. The van der Waals surface area contributed by atoms with Gasteiger partial charge in [-0.1, -0.05) is 36.4 Å². The molecule has 0 spiro atoms. The molecule has 1 aromatic heterocycles. The van der Waals surface area contributed by atoms with Crippen molar-refractivity contribution in [3.05, 3.63) is 54.2 Å². The molecule has 0 saturated carbocycles. The van der Waals surface area contributed by atoms with Crippen LogP contribution in [0.1, 0.15) is 10.4 Å². The van der Waals surface area contributed by atoms with Crippen molar-refractivity contribution >= 4 is 27.6 Å². The van der Waals surface area contributed by atoms with Crippen LogP contribution >= 0.6 is 0 Å². The maximum atomic E-state index is 11.7. The molecule has 0 bridgehead atoms. The van der Waals surface area contributed by atoms with Gasteiger partial charge in [0.15, 0.2) is 0 Å². The molecule has 0 unspecified atom stereocenters. The average Bonchev–Trinajstić information content (AvgIpc) is 2.45. The van der Waals surface area contributed by atoms with Crippen molar-refractivity contribution in [1.29, 1.82) is 0 Å². The van der Waals surface area contributed by atoms with Gasteiger partial charge in [0.2, 0.25) is 0 Å². The minimum atomic E-state index is -0.335. The molecule has 0 amide bonds. The molecule has 3 heteroatoms. The van der Waals surface area contributed by atoms with Crippen LogP contribution in [0.3, 0.4) is 0 Å². The Balaban J connectivity index is 2.43. The van der Waals surface area contributed by atoms with E-state index in [2.05, 4.69) is 4.98 Å². The second kappa shape index (κ2) is 4.11. The molecule has 0 fully saturated rings. The Hall–Kier alpha value is -2.42. The summed E-state index contributed by atoms with van der Waals surface area (Å²) in [5.74, 6) is -0.335. The third kappa shape index (κ3) is 1.52. The van der Waals surface area contributed by atoms with Crippen LogP contribution in [-0.4, -0.2) is 18.1 Å². The number of pyridine rings is 1. The van der Waals surface area contributed by atoms with Crippen LogP contribution in [0.5, 0.6) is 0 Å². The van der Waals surface area contributed by atoms with Gasteiger partial charge in [-0.15, -0.1) is 0 Å². The summed E-state index contributed by atoms with van der Waals surface area (Å²) in [6.45, 7) is 0. The molecule has 0 atom stereocenters. The molecule has 3 nitrogen and oxygen atoms in total. The smallest absolute Gasteiger partial charge is 0.338 e. The first-order valence-corrected chi connectivity index (χ1v) is 5.66. The summed E-state index contributed by atoms with van der Waals surface area (Å²) in [7, 11) is 1.38. The van der Waals surface area contributed by atoms with Gasteiger partial charge in [-0.05, 0) is 11.5 Å². The zero-order chi connectivity index (χ0) is 12.5. The zero-order valence-electron chi connectivity index (χ0n) is 9.88. The van der Waals surface area contributed by atoms with Crippen LogP contribution in [0, 0.1) is 0 Å². The lowest BCUT2D eigenvalue weighted by molar-refractivity contribution is 0.0603. The van der Waals surface area contributed by atoms with Gasteiger partial charge in [0.05, 0.1) is 18.2 Å². The molecule has 18 heavy (non-hydrogen) atoms. The predicted molar refractivity (Wildman–Crippen MR) is 70.6 cm³/mol. The monoisotopic (exact) mass is 237 g/mol. The Kier molecular flexibility index (Phi) is 2.45. The lowest BCUT2D eigenvalue weighted by Gasteiger charge is -2.06. The lowest BCUT2D eigenvalue weighted by Crippen LogP contribution is -2.02. The number of rotatable bonds is 1. The number of hydrogen-bond donors (Lipinski definition) is 0. The molecule has 0 radical (unpaired) electrons. The van der Waals surface area contributed by atoms with E-state index in [4.69, 9.17) is 4.74 Å². The Morgan fingerprint density at radius 2 is 1.89 bits per heavy atom. The summed E-state index contributed by atoms with van der Waals surface area (Å²) in [4.78, 5) is 16.1. The summed E-state index contributed by atoms with van der Waals surface area (Å²) in [6.07, 6.45) is 1.64. The third-order valence-electron chi connectivity index (χ3n) is 3.04. The summed E-state index contributed by atoms with van der Waals surface area (Å²) in [6, 6.07) is 13.6. The highest BCUT2D eigenvalue weighted by atomic mass is 16.5. The molecule has 1 heterocycles. The Morgan fingerprint density at radius 1 is 1.06 bits per heavy atom. The summed E-state index contributed by atoms with van der Waals surface area (Å²) in [5.41, 5.74) is 1.38. The highest BCUT2D eigenvalue weighted by Gasteiger charge is 2.11. The largest absolute Gasteiger partial charge is 0.465 e. The number of carbonyl (C=O) groups is 1. The molecule has 0 N–H and O–H groups in total. The summed E-state index contributed by atoms with van der Waals surface area (Å²) < 4.78 is 4.79. The molecule has 3 rings (SSSR count). The standard InChI is InChI=1S/C15H11NO2/c1-18-15(17)13-8-9-16-14-11-5-3-2-4-10(11)6-7-12(13)14/h2-9H,1H3. The number of methoxy groups -OCH3 is 1. The van der Waals surface area contributed by atoms with Gasteiger partial charge < -0.3 is 4.74 Å². The topological polar surface area (TPSA) is 39.2 Å². The van der Waals surface area contributed by atoms with E-state index >= 15 is 0 Å². The van der Waals surface area contributed by atoms with Crippen LogP contribution in [0.15, 0.2) is 48.7 Å². The second-order valence-corrected chi connectivity index (χ2v) is 4.03. The molecule has 3 aromatic rings. The Labute approximate surface area is 104 Å². The second-order valence-electron chi connectivity index (χ2n) is 4.03. The van der Waals surface area contributed by atoms with E-state index in [9.17, 15) is 4.79 Å². The number of ether oxygens (including phenoxy) is 1. The van der Waals surface area contributed by atoms with Crippen molar-refractivity contribution in [2.45, 2.75) is 0 Å². The number of fused-ring (bicyclic) bond motifs is 3. The fourth-order valence-electron chi connectivity index (χ4n) is 2.18. The Bertz CT molecular complexity index is 750. The van der Waals surface area contributed by atoms with Crippen molar-refractivity contribution in [1.82, 2.24) is 4.98 Å². The Morgan fingerprint density at radius 3 is 2.72 bits per heavy atom. The molecule has 0 aliphatic carbocycles. The molecule has 0 saturated heterocycles. The van der Waals surface area contributed by atoms with Gasteiger partial charge in [0, 0.05) is 17.0 Å². The number of esters is 1. The number of hydrogen-bond acceptors (Lipinski definition) is 3. The van der Waals surface area contributed by atoms with E-state index in [1.165, 1.54) is 7.11 Å². The molecule has 0 aliphatic rings. The van der Waals surface area contributed by atoms with Crippen LogP contribution in [0.2, 0.25) is 0 Å². The van der Waals surface area contributed by atoms with Crippen LogP contribution in [0.4, 0.5) is 0 Å². The maximum absolute atomic E-state index is 11.7. The predicted octanol–water partition coefficient (Wildman–Crippen LogP) is 3.17. The summed E-state index contributed by atoms with van der Waals surface area (Å²) in [5, 5.41) is 2.98. The van der Waals surface area contributed by atoms with E-state index in [-0.39, 0.29) is 5.97 Å². The number of benzene rings is 2. The van der Waals surface area contributed by atoms with Gasteiger partial charge in [0.25, 0.3) is 0 Å². The highest BCUT2D eigenvalue weighted by Crippen LogP contribution is 2.25. The van der Waals surface area contributed by atoms with Crippen LogP contribution < -0.4 is 0 Å².